The van der Waals surface area contributed by atoms with Gasteiger partial charge in [0.25, 0.3) is 5.56 Å². The molecule has 0 aliphatic heterocycles. The van der Waals surface area contributed by atoms with Crippen LogP contribution < -0.4 is 5.56 Å². The van der Waals surface area contributed by atoms with E-state index in [1.54, 1.807) is 6.20 Å². The zero-order chi connectivity index (χ0) is 12.2. The van der Waals surface area contributed by atoms with Crippen molar-refractivity contribution in [1.29, 1.82) is 0 Å². The van der Waals surface area contributed by atoms with Crippen LogP contribution in [0.25, 0.3) is 0 Å². The van der Waals surface area contributed by atoms with Gasteiger partial charge in [0, 0.05) is 17.0 Å². The highest BCUT2D eigenvalue weighted by atomic mass is 32.2. The van der Waals surface area contributed by atoms with Gasteiger partial charge in [-0.15, -0.1) is 0 Å². The first-order chi connectivity index (χ1) is 8.71. The Morgan fingerprint density at radius 1 is 1.17 bits per heavy atom. The van der Waals surface area contributed by atoms with Crippen LogP contribution >= 0.6 is 11.8 Å². The van der Waals surface area contributed by atoms with Crippen molar-refractivity contribution < 1.29 is 0 Å². The molecule has 1 aromatic rings. The fourth-order valence-electron chi connectivity index (χ4n) is 4.77. The summed E-state index contributed by atoms with van der Waals surface area (Å²) in [6.07, 6.45) is 10.0. The lowest BCUT2D eigenvalue weighted by molar-refractivity contribution is 0.0382. The number of nitrogens with one attached hydrogen (secondary N) is 1. The third-order valence-corrected chi connectivity index (χ3v) is 6.28. The van der Waals surface area contributed by atoms with Gasteiger partial charge in [-0.25, -0.2) is 4.98 Å². The normalized spacial score (nSPS) is 41.2. The molecule has 3 nitrogen and oxygen atoms in total. The molecule has 1 heterocycles. The van der Waals surface area contributed by atoms with Crippen LogP contribution in [0.4, 0.5) is 0 Å². The highest BCUT2D eigenvalue weighted by molar-refractivity contribution is 8.00. The number of hydrogen-bond acceptors (Lipinski definition) is 3. The van der Waals surface area contributed by atoms with E-state index < -0.39 is 0 Å². The number of nitrogens with zero attached hydrogens (tertiary/aromatic N) is 1. The summed E-state index contributed by atoms with van der Waals surface area (Å²) in [5, 5.41) is 0.824. The van der Waals surface area contributed by atoms with Gasteiger partial charge in [0.1, 0.15) is 0 Å². The topological polar surface area (TPSA) is 45.8 Å². The van der Waals surface area contributed by atoms with Crippen molar-refractivity contribution in [2.45, 2.75) is 48.4 Å². The van der Waals surface area contributed by atoms with E-state index in [1.807, 2.05) is 11.8 Å². The molecular formula is C14H18N2OS. The lowest BCUT2D eigenvalue weighted by Gasteiger charge is -2.56. The van der Waals surface area contributed by atoms with Crippen LogP contribution in [0.1, 0.15) is 38.5 Å². The summed E-state index contributed by atoms with van der Waals surface area (Å²) in [5.41, 5.74) is -0.0303. The van der Waals surface area contributed by atoms with Crippen molar-refractivity contribution in [1.82, 2.24) is 9.97 Å². The van der Waals surface area contributed by atoms with Gasteiger partial charge in [-0.2, -0.15) is 0 Å². The molecular weight excluding hydrogens is 244 g/mol. The average molecular weight is 262 g/mol. The van der Waals surface area contributed by atoms with Crippen LogP contribution in [0.3, 0.4) is 0 Å². The summed E-state index contributed by atoms with van der Waals surface area (Å²) in [5.74, 6) is 2.83. The van der Waals surface area contributed by atoms with Gasteiger partial charge in [0.2, 0.25) is 0 Å². The third-order valence-electron chi connectivity index (χ3n) is 4.94. The molecule has 0 radical (unpaired) electrons. The van der Waals surface area contributed by atoms with E-state index in [1.165, 1.54) is 44.6 Å². The molecule has 0 saturated heterocycles. The van der Waals surface area contributed by atoms with E-state index in [2.05, 4.69) is 9.97 Å². The van der Waals surface area contributed by atoms with Crippen molar-refractivity contribution in [2.24, 2.45) is 17.8 Å². The minimum atomic E-state index is -0.0303. The monoisotopic (exact) mass is 262 g/mol. The third kappa shape index (κ3) is 1.81. The lowest BCUT2D eigenvalue weighted by Crippen LogP contribution is -2.48. The Bertz CT molecular complexity index is 489. The van der Waals surface area contributed by atoms with Gasteiger partial charge in [-0.05, 0) is 56.3 Å². The van der Waals surface area contributed by atoms with Crippen molar-refractivity contribution in [2.75, 3.05) is 0 Å². The molecule has 0 spiro atoms. The van der Waals surface area contributed by atoms with E-state index in [0.29, 0.717) is 4.75 Å². The summed E-state index contributed by atoms with van der Waals surface area (Å²) in [6, 6.07) is 1.49. The second-order valence-corrected chi connectivity index (χ2v) is 7.90. The quantitative estimate of drug-likeness (QED) is 0.834. The Kier molecular flexibility index (Phi) is 2.38. The van der Waals surface area contributed by atoms with Crippen molar-refractivity contribution in [3.63, 3.8) is 0 Å². The van der Waals surface area contributed by atoms with Crippen LogP contribution in [-0.2, 0) is 0 Å². The van der Waals surface area contributed by atoms with Crippen LogP contribution in [0.5, 0.6) is 0 Å². The molecule has 4 aliphatic rings. The first-order valence-corrected chi connectivity index (χ1v) is 7.77. The molecule has 1 N–H and O–H groups in total. The standard InChI is InChI=1S/C14H18N2OS/c17-12-1-2-15-13(16-12)18-14-6-9-3-10(7-14)5-11(4-9)8-14/h1-2,9-11H,3-8H2,(H,15,16,17). The molecule has 0 atom stereocenters. The molecule has 96 valence electrons. The smallest absolute Gasteiger partial charge is 0.251 e. The number of thioether (sulfide) groups is 1. The molecule has 4 heteroatoms. The van der Waals surface area contributed by atoms with Crippen LogP contribution in [0.15, 0.2) is 22.2 Å². The van der Waals surface area contributed by atoms with Crippen LogP contribution in [0, 0.1) is 17.8 Å². The van der Waals surface area contributed by atoms with Crippen molar-refractivity contribution >= 4 is 11.8 Å². The number of hydrogen-bond donors (Lipinski definition) is 1. The summed E-state index contributed by atoms with van der Waals surface area (Å²) >= 11 is 1.85. The van der Waals surface area contributed by atoms with Gasteiger partial charge >= 0.3 is 0 Å². The Morgan fingerprint density at radius 3 is 2.33 bits per heavy atom. The van der Waals surface area contributed by atoms with E-state index >= 15 is 0 Å². The number of rotatable bonds is 2. The Morgan fingerprint density at radius 2 is 1.78 bits per heavy atom. The van der Waals surface area contributed by atoms with Gasteiger partial charge in [0.05, 0.1) is 0 Å². The molecule has 0 aromatic carbocycles. The summed E-state index contributed by atoms with van der Waals surface area (Å²) in [4.78, 5) is 18.6. The molecule has 4 aliphatic carbocycles. The van der Waals surface area contributed by atoms with E-state index in [0.717, 1.165) is 22.9 Å². The zero-order valence-corrected chi connectivity index (χ0v) is 11.2. The van der Waals surface area contributed by atoms with E-state index in [-0.39, 0.29) is 5.56 Å². The second-order valence-electron chi connectivity index (χ2n) is 6.44. The Balaban J connectivity index is 1.62. The summed E-state index contributed by atoms with van der Waals surface area (Å²) < 4.78 is 0.381. The minimum absolute atomic E-state index is 0.0303. The first kappa shape index (κ1) is 11.1. The molecule has 18 heavy (non-hydrogen) atoms. The molecule has 1 aromatic heterocycles. The van der Waals surface area contributed by atoms with Gasteiger partial charge in [0.15, 0.2) is 5.16 Å². The summed E-state index contributed by atoms with van der Waals surface area (Å²) in [6.45, 7) is 0. The van der Waals surface area contributed by atoms with Gasteiger partial charge in [-0.3, -0.25) is 4.79 Å². The fourth-order valence-corrected chi connectivity index (χ4v) is 6.40. The maximum atomic E-state index is 11.4. The van der Waals surface area contributed by atoms with Gasteiger partial charge in [-0.1, -0.05) is 11.8 Å². The van der Waals surface area contributed by atoms with E-state index in [4.69, 9.17) is 0 Å². The Hall–Kier alpha value is -0.770. The first-order valence-electron chi connectivity index (χ1n) is 6.95. The minimum Gasteiger partial charge on any atom is -0.301 e. The molecule has 0 amide bonds. The second kappa shape index (κ2) is 3.86. The number of H-pyrrole nitrogens is 1. The molecule has 0 unspecified atom stereocenters. The Labute approximate surface area is 111 Å². The van der Waals surface area contributed by atoms with Crippen LogP contribution in [-0.4, -0.2) is 14.7 Å². The highest BCUT2D eigenvalue weighted by Crippen LogP contribution is 2.61. The van der Waals surface area contributed by atoms with Gasteiger partial charge < -0.3 is 4.98 Å². The lowest BCUT2D eigenvalue weighted by atomic mass is 9.56. The number of aromatic amines is 1. The molecule has 5 rings (SSSR count). The summed E-state index contributed by atoms with van der Waals surface area (Å²) in [7, 11) is 0. The maximum absolute atomic E-state index is 11.4. The van der Waals surface area contributed by atoms with Crippen molar-refractivity contribution in [3.8, 4) is 0 Å². The molecule has 4 saturated carbocycles. The highest BCUT2D eigenvalue weighted by Gasteiger charge is 2.51. The van der Waals surface area contributed by atoms with Crippen LogP contribution in [0.2, 0.25) is 0 Å². The largest absolute Gasteiger partial charge is 0.301 e. The average Bonchev–Trinajstić information content (AvgIpc) is 2.25. The SMILES string of the molecule is O=c1ccnc(SC23CC4CC(CC(C4)C2)C3)[nH]1. The molecule has 4 fully saturated rings. The number of aromatic nitrogens is 2. The predicted octanol–water partition coefficient (Wildman–Crippen LogP) is 2.83. The predicted molar refractivity (Wildman–Crippen MR) is 71.6 cm³/mol. The fraction of sp³-hybridized carbons (Fsp3) is 0.714. The maximum Gasteiger partial charge on any atom is 0.251 e. The molecule has 4 bridgehead atoms. The zero-order valence-electron chi connectivity index (χ0n) is 10.4. The van der Waals surface area contributed by atoms with Crippen molar-refractivity contribution in [3.05, 3.63) is 22.6 Å². The van der Waals surface area contributed by atoms with E-state index in [9.17, 15) is 4.79 Å².